The van der Waals surface area contributed by atoms with E-state index >= 15 is 0 Å². The van der Waals surface area contributed by atoms with E-state index in [0.717, 1.165) is 11.1 Å². The summed E-state index contributed by atoms with van der Waals surface area (Å²) < 4.78 is 10.8. The highest BCUT2D eigenvalue weighted by Gasteiger charge is 2.44. The quantitative estimate of drug-likeness (QED) is 0.475. The van der Waals surface area contributed by atoms with E-state index < -0.39 is 17.7 Å². The number of hydrogen-bond donors (Lipinski definition) is 1. The first-order valence-corrected chi connectivity index (χ1v) is 10.8. The smallest absolute Gasteiger partial charge is 0.417 e. The van der Waals surface area contributed by atoms with Crippen LogP contribution in [0.4, 0.5) is 9.59 Å². The monoisotopic (exact) mass is 521 g/mol. The number of carbonyl (C=O) groups excluding carboxylic acids is 2. The molecule has 0 aromatic heterocycles. The minimum atomic E-state index is -0.679. The highest BCUT2D eigenvalue weighted by atomic mass is 127. The highest BCUT2D eigenvalue weighted by Crippen LogP contribution is 2.30. The summed E-state index contributed by atoms with van der Waals surface area (Å²) in [5.74, 6) is 0.129. The van der Waals surface area contributed by atoms with Crippen LogP contribution in [-0.2, 0) is 22.7 Å². The standard InChI is InChI=1S/C22H24IN3O4/c1-22(2)18(23)13-24-19(25-20(27)29-14-16-9-5-3-6-10-16)26(22)21(28)30-15-17-11-7-4-8-12-17/h3-12,18H,13-15H2,1-2H3,(H,24,25,27). The van der Waals surface area contributed by atoms with Gasteiger partial charge in [-0.2, -0.15) is 0 Å². The molecule has 2 aromatic rings. The first-order valence-electron chi connectivity index (χ1n) is 9.55. The maximum Gasteiger partial charge on any atom is 0.417 e. The van der Waals surface area contributed by atoms with Gasteiger partial charge in [0.2, 0.25) is 5.96 Å². The number of nitrogens with one attached hydrogen (secondary N) is 1. The summed E-state index contributed by atoms with van der Waals surface area (Å²) in [6.07, 6.45) is -1.26. The van der Waals surface area contributed by atoms with Crippen molar-refractivity contribution in [2.45, 2.75) is 36.5 Å². The maximum absolute atomic E-state index is 12.9. The minimum absolute atomic E-state index is 0.0465. The SMILES string of the molecule is CC1(C)C(I)CN=C(NC(=O)OCc2ccccc2)N1C(=O)OCc1ccccc1. The van der Waals surface area contributed by atoms with Gasteiger partial charge in [0.25, 0.3) is 0 Å². The number of amides is 2. The molecule has 1 unspecified atom stereocenters. The molecule has 1 heterocycles. The summed E-state index contributed by atoms with van der Waals surface area (Å²) in [4.78, 5) is 31.0. The lowest BCUT2D eigenvalue weighted by Crippen LogP contribution is -2.63. The number of ether oxygens (including phenoxy) is 2. The molecule has 8 heteroatoms. The molecular weight excluding hydrogens is 497 g/mol. The Kier molecular flexibility index (Phi) is 7.30. The van der Waals surface area contributed by atoms with Crippen molar-refractivity contribution in [3.05, 3.63) is 71.8 Å². The Morgan fingerprint density at radius 2 is 1.57 bits per heavy atom. The van der Waals surface area contributed by atoms with E-state index in [2.05, 4.69) is 32.9 Å². The zero-order chi connectivity index (χ0) is 21.6. The molecule has 0 saturated carbocycles. The van der Waals surface area contributed by atoms with Crippen molar-refractivity contribution in [2.75, 3.05) is 6.54 Å². The van der Waals surface area contributed by atoms with Crippen LogP contribution >= 0.6 is 22.6 Å². The van der Waals surface area contributed by atoms with Crippen molar-refractivity contribution in [3.63, 3.8) is 0 Å². The Bertz CT molecular complexity index is 903. The molecule has 2 amide bonds. The second kappa shape index (κ2) is 9.92. The lowest BCUT2D eigenvalue weighted by molar-refractivity contribution is 0.0852. The van der Waals surface area contributed by atoms with Crippen molar-refractivity contribution in [2.24, 2.45) is 4.99 Å². The third kappa shape index (κ3) is 5.50. The summed E-state index contributed by atoms with van der Waals surface area (Å²) in [6, 6.07) is 18.8. The van der Waals surface area contributed by atoms with Crippen LogP contribution in [-0.4, -0.2) is 39.1 Å². The van der Waals surface area contributed by atoms with Gasteiger partial charge in [-0.25, -0.2) is 14.5 Å². The third-order valence-corrected chi connectivity index (χ3v) is 6.69. The third-order valence-electron chi connectivity index (χ3n) is 4.77. The fourth-order valence-electron chi connectivity index (χ4n) is 2.93. The van der Waals surface area contributed by atoms with Crippen molar-refractivity contribution >= 4 is 40.7 Å². The highest BCUT2D eigenvalue weighted by molar-refractivity contribution is 14.1. The molecule has 30 heavy (non-hydrogen) atoms. The molecule has 3 rings (SSSR count). The van der Waals surface area contributed by atoms with E-state index in [1.54, 1.807) is 0 Å². The molecule has 7 nitrogen and oxygen atoms in total. The molecule has 1 N–H and O–H groups in total. The number of guanidine groups is 1. The summed E-state index contributed by atoms with van der Waals surface area (Å²) in [5, 5.41) is 2.61. The van der Waals surface area contributed by atoms with Crippen LogP contribution in [0.25, 0.3) is 0 Å². The van der Waals surface area contributed by atoms with Gasteiger partial charge in [0.05, 0.1) is 16.0 Å². The van der Waals surface area contributed by atoms with E-state index in [-0.39, 0.29) is 23.1 Å². The summed E-state index contributed by atoms with van der Waals surface area (Å²) in [7, 11) is 0. The van der Waals surface area contributed by atoms with Gasteiger partial charge >= 0.3 is 12.2 Å². The zero-order valence-corrected chi connectivity index (χ0v) is 19.0. The van der Waals surface area contributed by atoms with Crippen LogP contribution < -0.4 is 5.32 Å². The van der Waals surface area contributed by atoms with Gasteiger partial charge in [-0.05, 0) is 25.0 Å². The van der Waals surface area contributed by atoms with Gasteiger partial charge in [-0.3, -0.25) is 10.3 Å². The van der Waals surface area contributed by atoms with Crippen molar-refractivity contribution in [1.82, 2.24) is 10.2 Å². The van der Waals surface area contributed by atoms with E-state index in [1.807, 2.05) is 74.5 Å². The van der Waals surface area contributed by atoms with E-state index in [4.69, 9.17) is 9.47 Å². The van der Waals surface area contributed by atoms with Gasteiger partial charge in [0.15, 0.2) is 0 Å². The largest absolute Gasteiger partial charge is 0.444 e. The second-order valence-electron chi connectivity index (χ2n) is 7.35. The predicted octanol–water partition coefficient (Wildman–Crippen LogP) is 4.50. The number of alkyl halides is 1. The van der Waals surface area contributed by atoms with E-state index in [0.29, 0.717) is 6.54 Å². The summed E-state index contributed by atoms with van der Waals surface area (Å²) in [6.45, 7) is 4.55. The van der Waals surface area contributed by atoms with Crippen molar-refractivity contribution < 1.29 is 19.1 Å². The normalized spacial score (nSPS) is 17.6. The fourth-order valence-corrected chi connectivity index (χ4v) is 3.40. The van der Waals surface area contributed by atoms with Gasteiger partial charge < -0.3 is 9.47 Å². The predicted molar refractivity (Wildman–Crippen MR) is 122 cm³/mol. The van der Waals surface area contributed by atoms with Crippen LogP contribution in [0.3, 0.4) is 0 Å². The van der Waals surface area contributed by atoms with Crippen LogP contribution in [0.5, 0.6) is 0 Å². The molecule has 158 valence electrons. The second-order valence-corrected chi connectivity index (χ2v) is 8.85. The number of rotatable bonds is 4. The number of benzene rings is 2. The Morgan fingerprint density at radius 1 is 1.03 bits per heavy atom. The minimum Gasteiger partial charge on any atom is -0.444 e. The van der Waals surface area contributed by atoms with Crippen LogP contribution in [0.2, 0.25) is 0 Å². The summed E-state index contributed by atoms with van der Waals surface area (Å²) in [5.41, 5.74) is 1.13. The van der Waals surface area contributed by atoms with Gasteiger partial charge in [-0.15, -0.1) is 0 Å². The lowest BCUT2D eigenvalue weighted by Gasteiger charge is -2.43. The van der Waals surface area contributed by atoms with E-state index in [9.17, 15) is 9.59 Å². The Balaban J connectivity index is 1.67. The van der Waals surface area contributed by atoms with Crippen LogP contribution in [0.15, 0.2) is 65.7 Å². The number of nitrogens with zero attached hydrogens (tertiary/aromatic N) is 2. The average Bonchev–Trinajstić information content (AvgIpc) is 2.75. The molecule has 0 aliphatic carbocycles. The lowest BCUT2D eigenvalue weighted by atomic mass is 9.97. The van der Waals surface area contributed by atoms with Crippen molar-refractivity contribution in [1.29, 1.82) is 0 Å². The zero-order valence-electron chi connectivity index (χ0n) is 16.9. The summed E-state index contributed by atoms with van der Waals surface area (Å²) >= 11 is 2.26. The number of hydrogen-bond acceptors (Lipinski definition) is 5. The first kappa shape index (κ1) is 22.1. The Morgan fingerprint density at radius 3 is 2.13 bits per heavy atom. The Hall–Kier alpha value is -2.62. The van der Waals surface area contributed by atoms with Gasteiger partial charge in [0, 0.05) is 0 Å². The first-order chi connectivity index (χ1) is 14.4. The van der Waals surface area contributed by atoms with Gasteiger partial charge in [0.1, 0.15) is 13.2 Å². The molecule has 1 atom stereocenters. The maximum atomic E-state index is 12.9. The molecule has 0 radical (unpaired) electrons. The molecule has 1 aliphatic heterocycles. The average molecular weight is 521 g/mol. The number of alkyl carbamates (subject to hydrolysis) is 1. The molecule has 0 fully saturated rings. The molecule has 0 bridgehead atoms. The van der Waals surface area contributed by atoms with Crippen LogP contribution in [0, 0.1) is 0 Å². The van der Waals surface area contributed by atoms with Crippen molar-refractivity contribution in [3.8, 4) is 0 Å². The molecule has 0 spiro atoms. The number of carbonyl (C=O) groups is 2. The molecule has 2 aromatic carbocycles. The molecular formula is C22H24IN3O4. The topological polar surface area (TPSA) is 80.2 Å². The van der Waals surface area contributed by atoms with Gasteiger partial charge in [-0.1, -0.05) is 83.3 Å². The molecule has 1 aliphatic rings. The number of halogens is 1. The Labute approximate surface area is 189 Å². The number of aliphatic imine (C=N–C) groups is 1. The molecule has 0 saturated heterocycles. The fraction of sp³-hybridized carbons (Fsp3) is 0.318. The van der Waals surface area contributed by atoms with E-state index in [1.165, 1.54) is 4.90 Å². The van der Waals surface area contributed by atoms with Crippen LogP contribution in [0.1, 0.15) is 25.0 Å².